The number of Topliss-reactive ketones (excluding diaryl/α,β-unsaturated/α-hetero) is 1. The first-order chi connectivity index (χ1) is 14.4. The average molecular weight is 403 g/mol. The minimum absolute atomic E-state index is 0.0931. The van der Waals surface area contributed by atoms with E-state index in [0.717, 1.165) is 40.2 Å². The summed E-state index contributed by atoms with van der Waals surface area (Å²) in [5, 5.41) is 13.7. The molecule has 0 saturated carbocycles. The van der Waals surface area contributed by atoms with E-state index >= 15 is 0 Å². The van der Waals surface area contributed by atoms with E-state index < -0.39 is 0 Å². The van der Waals surface area contributed by atoms with Crippen LogP contribution in [0.15, 0.2) is 53.7 Å². The van der Waals surface area contributed by atoms with Gasteiger partial charge in [0.15, 0.2) is 17.3 Å². The maximum atomic E-state index is 13.4. The fraction of sp³-hybridized carbons (Fsp3) is 0.333. The molecule has 2 heterocycles. The normalized spacial score (nSPS) is 20.0. The van der Waals surface area contributed by atoms with Gasteiger partial charge < -0.3 is 15.2 Å². The number of aromatic nitrogens is 2. The zero-order chi connectivity index (χ0) is 21.0. The maximum Gasteiger partial charge on any atom is 0.209 e. The molecule has 2 aliphatic rings. The van der Waals surface area contributed by atoms with E-state index in [0.29, 0.717) is 18.8 Å². The number of ketones is 1. The molecule has 6 heteroatoms. The number of allylic oxidation sites excluding steroid dienone is 2. The fourth-order valence-electron chi connectivity index (χ4n) is 4.71. The third-order valence-corrected chi connectivity index (χ3v) is 5.91. The van der Waals surface area contributed by atoms with Crippen LogP contribution in [-0.2, 0) is 4.79 Å². The number of imidazole rings is 1. The number of hydrogen-bond donors (Lipinski definition) is 2. The number of rotatable bonds is 3. The predicted octanol–water partition coefficient (Wildman–Crippen LogP) is 4.80. The number of anilines is 1. The quantitative estimate of drug-likeness (QED) is 0.657. The monoisotopic (exact) mass is 403 g/mol. The number of hydrogen-bond acceptors (Lipinski definition) is 5. The lowest BCUT2D eigenvalue weighted by molar-refractivity contribution is -0.118. The summed E-state index contributed by atoms with van der Waals surface area (Å²) in [7, 11) is 0. The van der Waals surface area contributed by atoms with Crippen molar-refractivity contribution in [3.8, 4) is 11.5 Å². The number of benzene rings is 2. The van der Waals surface area contributed by atoms with E-state index in [2.05, 4.69) is 23.7 Å². The third kappa shape index (κ3) is 2.86. The average Bonchev–Trinajstić information content (AvgIpc) is 3.05. The maximum absolute atomic E-state index is 13.4. The molecule has 0 unspecified atom stereocenters. The first kappa shape index (κ1) is 18.7. The zero-order valence-electron chi connectivity index (χ0n) is 17.4. The lowest BCUT2D eigenvalue weighted by Crippen LogP contribution is -2.36. The second-order valence-corrected chi connectivity index (χ2v) is 8.82. The number of phenolic OH excluding ortho intramolecular Hbond substituents is 1. The Morgan fingerprint density at radius 2 is 2.03 bits per heavy atom. The highest BCUT2D eigenvalue weighted by Gasteiger charge is 2.41. The van der Waals surface area contributed by atoms with Gasteiger partial charge in [-0.2, -0.15) is 0 Å². The highest BCUT2D eigenvalue weighted by molar-refractivity contribution is 6.01. The number of para-hydroxylation sites is 2. The van der Waals surface area contributed by atoms with Crippen molar-refractivity contribution in [1.29, 1.82) is 0 Å². The summed E-state index contributed by atoms with van der Waals surface area (Å²) in [5.74, 6) is 1.39. The number of phenols is 1. The number of fused-ring (bicyclic) bond motifs is 3. The Bertz CT molecular complexity index is 1210. The van der Waals surface area contributed by atoms with Crippen molar-refractivity contribution in [3.63, 3.8) is 0 Å². The molecule has 30 heavy (non-hydrogen) atoms. The lowest BCUT2D eigenvalue weighted by Gasteiger charge is -2.39. The van der Waals surface area contributed by atoms with Gasteiger partial charge in [0.25, 0.3) is 0 Å². The molecule has 3 aromatic rings. The highest BCUT2D eigenvalue weighted by atomic mass is 16.5. The van der Waals surface area contributed by atoms with Gasteiger partial charge in [0.1, 0.15) is 0 Å². The number of ether oxygens (including phenoxy) is 1. The standard InChI is InChI=1S/C24H25N3O3/c1-4-30-20-11-14(9-10-18(20)28)22-21-16(12-24(2,3)13-19(21)29)26-23-25-15-7-5-6-8-17(15)27(22)23/h5-11,22,28H,4,12-13H2,1-3H3,(H,25,26)/t22-/m1/s1. The van der Waals surface area contributed by atoms with Crippen LogP contribution in [0.2, 0.25) is 0 Å². The van der Waals surface area contributed by atoms with Gasteiger partial charge in [0, 0.05) is 17.7 Å². The molecule has 1 atom stereocenters. The molecule has 5 rings (SSSR count). The summed E-state index contributed by atoms with van der Waals surface area (Å²) in [5.41, 5.74) is 4.34. The first-order valence-corrected chi connectivity index (χ1v) is 10.3. The number of carbonyl (C=O) groups excluding carboxylic acids is 1. The second-order valence-electron chi connectivity index (χ2n) is 8.82. The van der Waals surface area contributed by atoms with Crippen molar-refractivity contribution in [3.05, 3.63) is 59.3 Å². The van der Waals surface area contributed by atoms with Crippen molar-refractivity contribution >= 4 is 22.8 Å². The molecule has 6 nitrogen and oxygen atoms in total. The number of aromatic hydroxyl groups is 1. The van der Waals surface area contributed by atoms with Crippen molar-refractivity contribution in [1.82, 2.24) is 9.55 Å². The number of nitrogens with zero attached hydrogens (tertiary/aromatic N) is 2. The minimum atomic E-state index is -0.327. The van der Waals surface area contributed by atoms with Gasteiger partial charge in [-0.1, -0.05) is 32.0 Å². The topological polar surface area (TPSA) is 76.4 Å². The van der Waals surface area contributed by atoms with Gasteiger partial charge in [-0.15, -0.1) is 0 Å². The minimum Gasteiger partial charge on any atom is -0.504 e. The molecule has 0 spiro atoms. The summed E-state index contributed by atoms with van der Waals surface area (Å²) in [6.45, 7) is 6.57. The zero-order valence-corrected chi connectivity index (χ0v) is 17.4. The summed E-state index contributed by atoms with van der Waals surface area (Å²) in [6, 6.07) is 13.0. The van der Waals surface area contributed by atoms with Crippen LogP contribution in [0.5, 0.6) is 11.5 Å². The van der Waals surface area contributed by atoms with Crippen LogP contribution in [0.25, 0.3) is 11.0 Å². The summed E-state index contributed by atoms with van der Waals surface area (Å²) in [4.78, 5) is 18.2. The van der Waals surface area contributed by atoms with Gasteiger partial charge in [-0.3, -0.25) is 9.36 Å². The van der Waals surface area contributed by atoms with E-state index in [1.807, 2.05) is 43.3 Å². The van der Waals surface area contributed by atoms with Crippen LogP contribution >= 0.6 is 0 Å². The molecule has 0 saturated heterocycles. The Morgan fingerprint density at radius 1 is 1.23 bits per heavy atom. The Balaban J connectivity index is 1.77. The van der Waals surface area contributed by atoms with Crippen molar-refractivity contribution in [2.45, 2.75) is 39.7 Å². The van der Waals surface area contributed by atoms with Crippen LogP contribution in [0.1, 0.15) is 45.2 Å². The Hall–Kier alpha value is -3.28. The van der Waals surface area contributed by atoms with Crippen LogP contribution in [-0.4, -0.2) is 27.0 Å². The predicted molar refractivity (Wildman–Crippen MR) is 116 cm³/mol. The Kier molecular flexibility index (Phi) is 4.13. The molecule has 0 bridgehead atoms. The van der Waals surface area contributed by atoms with Crippen LogP contribution in [0.3, 0.4) is 0 Å². The summed E-state index contributed by atoms with van der Waals surface area (Å²) >= 11 is 0. The largest absolute Gasteiger partial charge is 0.504 e. The summed E-state index contributed by atoms with van der Waals surface area (Å²) < 4.78 is 7.72. The van der Waals surface area contributed by atoms with E-state index in [1.165, 1.54) is 0 Å². The van der Waals surface area contributed by atoms with E-state index in [9.17, 15) is 9.90 Å². The van der Waals surface area contributed by atoms with Gasteiger partial charge in [-0.05, 0) is 48.6 Å². The third-order valence-electron chi connectivity index (χ3n) is 5.91. The molecule has 0 amide bonds. The van der Waals surface area contributed by atoms with Crippen molar-refractivity contribution < 1.29 is 14.6 Å². The first-order valence-electron chi connectivity index (χ1n) is 10.3. The summed E-state index contributed by atoms with van der Waals surface area (Å²) in [6.07, 6.45) is 1.28. The van der Waals surface area contributed by atoms with E-state index in [4.69, 9.17) is 9.72 Å². The highest BCUT2D eigenvalue weighted by Crippen LogP contribution is 2.47. The molecule has 0 radical (unpaired) electrons. The van der Waals surface area contributed by atoms with Crippen LogP contribution in [0.4, 0.5) is 5.95 Å². The van der Waals surface area contributed by atoms with Gasteiger partial charge in [0.2, 0.25) is 5.95 Å². The lowest BCUT2D eigenvalue weighted by atomic mass is 9.73. The molecule has 1 aliphatic carbocycles. The fourth-order valence-corrected chi connectivity index (χ4v) is 4.71. The molecular weight excluding hydrogens is 378 g/mol. The van der Waals surface area contributed by atoms with E-state index in [1.54, 1.807) is 6.07 Å². The van der Waals surface area contributed by atoms with Crippen LogP contribution in [0, 0.1) is 5.41 Å². The van der Waals surface area contributed by atoms with E-state index in [-0.39, 0.29) is 23.0 Å². The Labute approximate surface area is 175 Å². The molecule has 154 valence electrons. The molecule has 0 fully saturated rings. The smallest absolute Gasteiger partial charge is 0.209 e. The molecule has 2 aromatic carbocycles. The van der Waals surface area contributed by atoms with Crippen molar-refractivity contribution in [2.75, 3.05) is 11.9 Å². The van der Waals surface area contributed by atoms with Gasteiger partial charge in [0.05, 0.1) is 23.7 Å². The number of nitrogens with one attached hydrogen (secondary N) is 1. The number of carbonyl (C=O) groups is 1. The molecular formula is C24H25N3O3. The van der Waals surface area contributed by atoms with Crippen LogP contribution < -0.4 is 10.1 Å². The molecule has 1 aromatic heterocycles. The van der Waals surface area contributed by atoms with Gasteiger partial charge >= 0.3 is 0 Å². The molecule has 1 aliphatic heterocycles. The van der Waals surface area contributed by atoms with Gasteiger partial charge in [-0.25, -0.2) is 4.98 Å². The molecule has 2 N–H and O–H groups in total. The SMILES string of the molecule is CCOc1cc([C@@H]2C3=C(CC(C)(C)CC3=O)Nc3nc4ccccc4n32)ccc1O. The second kappa shape index (κ2) is 6.62. The van der Waals surface area contributed by atoms with Crippen molar-refractivity contribution in [2.24, 2.45) is 5.41 Å². The Morgan fingerprint density at radius 3 is 2.83 bits per heavy atom.